The molecular formula is C87H170O17P2. The lowest BCUT2D eigenvalue weighted by Crippen LogP contribution is -2.30. The van der Waals surface area contributed by atoms with Gasteiger partial charge in [0.1, 0.15) is 19.3 Å². The molecular weight excluding hydrogens is 1380 g/mol. The molecule has 0 bridgehead atoms. The van der Waals surface area contributed by atoms with E-state index in [4.69, 9.17) is 37.0 Å². The van der Waals surface area contributed by atoms with Crippen molar-refractivity contribution in [3.63, 3.8) is 0 Å². The van der Waals surface area contributed by atoms with Crippen LogP contribution in [0.4, 0.5) is 0 Å². The van der Waals surface area contributed by atoms with Gasteiger partial charge in [-0.15, -0.1) is 0 Å². The van der Waals surface area contributed by atoms with E-state index in [-0.39, 0.29) is 25.7 Å². The second-order valence-electron chi connectivity index (χ2n) is 31.8. The molecule has 0 heterocycles. The van der Waals surface area contributed by atoms with Crippen molar-refractivity contribution in [2.24, 2.45) is 5.92 Å². The third-order valence-corrected chi connectivity index (χ3v) is 22.4. The summed E-state index contributed by atoms with van der Waals surface area (Å²) < 4.78 is 69.0. The Morgan fingerprint density at radius 2 is 0.434 bits per heavy atom. The number of carbonyl (C=O) groups is 4. The number of aliphatic hydroxyl groups excluding tert-OH is 1. The monoisotopic (exact) mass is 1550 g/mol. The lowest BCUT2D eigenvalue weighted by molar-refractivity contribution is -0.161. The molecule has 0 saturated carbocycles. The molecule has 0 radical (unpaired) electrons. The van der Waals surface area contributed by atoms with Crippen molar-refractivity contribution in [1.82, 2.24) is 0 Å². The van der Waals surface area contributed by atoms with Crippen LogP contribution in [0.1, 0.15) is 471 Å². The Morgan fingerprint density at radius 1 is 0.255 bits per heavy atom. The molecule has 19 heteroatoms. The largest absolute Gasteiger partial charge is 0.472 e. The van der Waals surface area contributed by atoms with E-state index in [1.807, 2.05) is 0 Å². The molecule has 106 heavy (non-hydrogen) atoms. The average molecular weight is 1550 g/mol. The van der Waals surface area contributed by atoms with Crippen molar-refractivity contribution in [3.05, 3.63) is 0 Å². The number of rotatable bonds is 87. The minimum atomic E-state index is -4.97. The lowest BCUT2D eigenvalue weighted by atomic mass is 10.0. The topological polar surface area (TPSA) is 237 Å². The molecule has 5 atom stereocenters. The summed E-state index contributed by atoms with van der Waals surface area (Å²) in [6.07, 6.45) is 73.6. The van der Waals surface area contributed by atoms with Gasteiger partial charge in [0.15, 0.2) is 12.2 Å². The SMILES string of the molecule is CCCCCCCCCCCCCCCCCCCCCCC(=O)O[C@H](COC(=O)CCCCCCCCCCCCCCCCCCCCC)COP(=O)(O)OC[C@@H](O)COP(=O)(O)OC[C@@H](COC(=O)CCCCCCCCCCCCCCC)OC(=O)CCCCCCCCCCCCCC(C)C. The molecule has 0 saturated heterocycles. The molecule has 0 spiro atoms. The summed E-state index contributed by atoms with van der Waals surface area (Å²) in [6, 6.07) is 0. The van der Waals surface area contributed by atoms with Crippen LogP contribution in [-0.2, 0) is 65.4 Å². The van der Waals surface area contributed by atoms with Gasteiger partial charge in [-0.2, -0.15) is 0 Å². The summed E-state index contributed by atoms with van der Waals surface area (Å²) in [6.45, 7) is 7.37. The van der Waals surface area contributed by atoms with Crippen LogP contribution < -0.4 is 0 Å². The molecule has 2 unspecified atom stereocenters. The number of unbranched alkanes of at least 4 members (excludes halogenated alkanes) is 59. The Hall–Kier alpha value is -1.94. The minimum absolute atomic E-state index is 0.107. The summed E-state index contributed by atoms with van der Waals surface area (Å²) >= 11 is 0. The number of hydrogen-bond acceptors (Lipinski definition) is 15. The quantitative estimate of drug-likeness (QED) is 0.0222. The van der Waals surface area contributed by atoms with Crippen LogP contribution in [0.3, 0.4) is 0 Å². The van der Waals surface area contributed by atoms with E-state index in [9.17, 15) is 43.2 Å². The van der Waals surface area contributed by atoms with Crippen molar-refractivity contribution in [2.45, 2.75) is 490 Å². The molecule has 0 aromatic carbocycles. The highest BCUT2D eigenvalue weighted by atomic mass is 31.2. The summed E-state index contributed by atoms with van der Waals surface area (Å²) in [5.41, 5.74) is 0. The van der Waals surface area contributed by atoms with Crippen molar-refractivity contribution < 1.29 is 80.2 Å². The van der Waals surface area contributed by atoms with Gasteiger partial charge in [-0.25, -0.2) is 9.13 Å². The van der Waals surface area contributed by atoms with Crippen molar-refractivity contribution in [3.8, 4) is 0 Å². The number of esters is 4. The molecule has 0 aromatic rings. The fraction of sp³-hybridized carbons (Fsp3) is 0.954. The highest BCUT2D eigenvalue weighted by Gasteiger charge is 2.30. The molecule has 0 amide bonds. The highest BCUT2D eigenvalue weighted by Crippen LogP contribution is 2.45. The van der Waals surface area contributed by atoms with Crippen LogP contribution in [0, 0.1) is 5.92 Å². The normalized spacial score (nSPS) is 13.7. The van der Waals surface area contributed by atoms with Crippen molar-refractivity contribution in [1.29, 1.82) is 0 Å². The van der Waals surface area contributed by atoms with E-state index < -0.39 is 97.5 Å². The zero-order chi connectivity index (χ0) is 77.6. The third-order valence-electron chi connectivity index (χ3n) is 20.5. The molecule has 0 aliphatic heterocycles. The van der Waals surface area contributed by atoms with E-state index >= 15 is 0 Å². The number of phosphoric ester groups is 2. The first kappa shape index (κ1) is 104. The average Bonchev–Trinajstić information content (AvgIpc) is 0.905. The minimum Gasteiger partial charge on any atom is -0.462 e. The smallest absolute Gasteiger partial charge is 0.462 e. The molecule has 3 N–H and O–H groups in total. The standard InChI is InChI=1S/C87H170O17P2/c1-6-9-12-15-18-21-24-27-29-31-33-35-37-39-42-47-52-57-62-67-72-86(91)103-82(76-98-85(90)71-66-61-56-51-46-41-38-36-34-32-30-28-25-22-19-16-13-10-7-2)78-101-105(93,94)99-74-81(88)75-100-106(95,96)102-79-83(77-97-84(89)70-65-60-55-50-45-40-26-23-20-17-14-11-8-3)104-87(92)73-68-63-58-53-48-43-44-49-54-59-64-69-80(4)5/h80-83,88H,6-79H2,1-5H3,(H,93,94)(H,95,96)/t81-,82-,83-/m1/s1. The van der Waals surface area contributed by atoms with Crippen LogP contribution in [0.15, 0.2) is 0 Å². The first-order chi connectivity index (χ1) is 51.5. The number of phosphoric acid groups is 2. The maximum Gasteiger partial charge on any atom is 0.472 e. The fourth-order valence-electron chi connectivity index (χ4n) is 13.6. The van der Waals surface area contributed by atoms with Gasteiger partial charge >= 0.3 is 39.5 Å². The number of carbonyl (C=O) groups excluding carboxylic acids is 4. The maximum atomic E-state index is 13.2. The van der Waals surface area contributed by atoms with E-state index in [2.05, 4.69) is 34.6 Å². The second kappa shape index (κ2) is 79.7. The zero-order valence-electron chi connectivity index (χ0n) is 69.6. The first-order valence-electron chi connectivity index (χ1n) is 45.1. The maximum absolute atomic E-state index is 13.2. The van der Waals surface area contributed by atoms with Gasteiger partial charge in [-0.05, 0) is 31.6 Å². The van der Waals surface area contributed by atoms with E-state index in [1.54, 1.807) is 0 Å². The number of ether oxygens (including phenoxy) is 4. The van der Waals surface area contributed by atoms with Crippen molar-refractivity contribution in [2.75, 3.05) is 39.6 Å². The van der Waals surface area contributed by atoms with E-state index in [0.29, 0.717) is 25.7 Å². The first-order valence-corrected chi connectivity index (χ1v) is 48.1. The van der Waals surface area contributed by atoms with Gasteiger partial charge < -0.3 is 33.8 Å². The van der Waals surface area contributed by atoms with Gasteiger partial charge in [0.05, 0.1) is 26.4 Å². The Labute approximate surface area is 651 Å². The molecule has 0 aliphatic rings. The fourth-order valence-corrected chi connectivity index (χ4v) is 15.2. The second-order valence-corrected chi connectivity index (χ2v) is 34.7. The molecule has 0 aromatic heterocycles. The van der Waals surface area contributed by atoms with Gasteiger partial charge in [-0.3, -0.25) is 37.3 Å². The predicted octanol–water partition coefficient (Wildman–Crippen LogP) is 26.8. The Kier molecular flexibility index (Phi) is 78.2. The van der Waals surface area contributed by atoms with Crippen LogP contribution >= 0.6 is 15.6 Å². The lowest BCUT2D eigenvalue weighted by Gasteiger charge is -2.21. The molecule has 17 nitrogen and oxygen atoms in total. The highest BCUT2D eigenvalue weighted by molar-refractivity contribution is 7.47. The summed E-state index contributed by atoms with van der Waals surface area (Å²) in [5, 5.41) is 10.7. The van der Waals surface area contributed by atoms with Gasteiger partial charge in [-0.1, -0.05) is 420 Å². The van der Waals surface area contributed by atoms with Gasteiger partial charge in [0, 0.05) is 25.7 Å². The van der Waals surface area contributed by atoms with Crippen LogP contribution in [0.25, 0.3) is 0 Å². The van der Waals surface area contributed by atoms with E-state index in [1.165, 1.54) is 295 Å². The summed E-state index contributed by atoms with van der Waals surface area (Å²) in [4.78, 5) is 73.3. The molecule has 630 valence electrons. The van der Waals surface area contributed by atoms with Gasteiger partial charge in [0.25, 0.3) is 0 Å². The molecule has 0 aliphatic carbocycles. The Balaban J connectivity index is 5.25. The number of aliphatic hydroxyl groups is 1. The molecule has 0 rings (SSSR count). The van der Waals surface area contributed by atoms with Crippen molar-refractivity contribution >= 4 is 39.5 Å². The summed E-state index contributed by atoms with van der Waals surface area (Å²) in [7, 11) is -9.93. The van der Waals surface area contributed by atoms with Crippen LogP contribution in [0.2, 0.25) is 0 Å². The summed E-state index contributed by atoms with van der Waals surface area (Å²) in [5.74, 6) is -1.33. The molecule has 0 fully saturated rings. The number of hydrogen-bond donors (Lipinski definition) is 3. The van der Waals surface area contributed by atoms with Crippen LogP contribution in [-0.4, -0.2) is 96.7 Å². The Morgan fingerprint density at radius 3 is 0.642 bits per heavy atom. The van der Waals surface area contributed by atoms with Gasteiger partial charge in [0.2, 0.25) is 0 Å². The van der Waals surface area contributed by atoms with E-state index in [0.717, 1.165) is 95.8 Å². The predicted molar refractivity (Wildman–Crippen MR) is 437 cm³/mol. The Bertz CT molecular complexity index is 2010. The third kappa shape index (κ3) is 80.1. The van der Waals surface area contributed by atoms with Crippen LogP contribution in [0.5, 0.6) is 0 Å². The zero-order valence-corrected chi connectivity index (χ0v) is 71.4.